The highest BCUT2D eigenvalue weighted by Crippen LogP contribution is 2.28. The van der Waals surface area contributed by atoms with E-state index in [9.17, 15) is 9.59 Å². The second-order valence-corrected chi connectivity index (χ2v) is 7.86. The molecule has 0 bridgehead atoms. The van der Waals surface area contributed by atoms with E-state index in [1.54, 1.807) is 17.4 Å². The van der Waals surface area contributed by atoms with Crippen molar-refractivity contribution in [3.63, 3.8) is 0 Å². The largest absolute Gasteiger partial charge is 0.342 e. The van der Waals surface area contributed by atoms with Gasteiger partial charge in [-0.15, -0.1) is 22.7 Å². The number of nitrogens with zero attached hydrogens (tertiary/aromatic N) is 2. The van der Waals surface area contributed by atoms with E-state index >= 15 is 0 Å². The molecule has 0 spiro atoms. The number of carbonyl (C=O) groups is 2. The first-order valence-electron chi connectivity index (χ1n) is 7.65. The van der Waals surface area contributed by atoms with Crippen molar-refractivity contribution in [2.24, 2.45) is 0 Å². The van der Waals surface area contributed by atoms with Crippen LogP contribution < -0.4 is 5.32 Å². The molecule has 0 saturated carbocycles. The third kappa shape index (κ3) is 3.97. The number of rotatable bonds is 4. The molecule has 3 heterocycles. The van der Waals surface area contributed by atoms with Gasteiger partial charge in [0.15, 0.2) is 0 Å². The van der Waals surface area contributed by atoms with Gasteiger partial charge in [0.2, 0.25) is 5.91 Å². The van der Waals surface area contributed by atoms with E-state index in [0.717, 1.165) is 29.3 Å². The van der Waals surface area contributed by atoms with Gasteiger partial charge in [0.25, 0.3) is 5.91 Å². The van der Waals surface area contributed by atoms with Crippen LogP contribution in [0.5, 0.6) is 0 Å². The lowest BCUT2D eigenvalue weighted by molar-refractivity contribution is -0.131. The molecule has 0 radical (unpaired) electrons. The number of likely N-dealkylation sites (tertiary alicyclic amines) is 1. The molecule has 3 rings (SSSR count). The van der Waals surface area contributed by atoms with Crippen molar-refractivity contribution in [2.45, 2.75) is 25.7 Å². The fourth-order valence-corrected chi connectivity index (χ4v) is 4.30. The van der Waals surface area contributed by atoms with Crippen LogP contribution in [0.25, 0.3) is 0 Å². The number of thiazole rings is 1. The first kappa shape index (κ1) is 16.1. The van der Waals surface area contributed by atoms with Gasteiger partial charge in [0, 0.05) is 35.5 Å². The monoisotopic (exact) mass is 349 g/mol. The summed E-state index contributed by atoms with van der Waals surface area (Å²) in [5.74, 6) is 0.126. The summed E-state index contributed by atoms with van der Waals surface area (Å²) in [7, 11) is 0. The molecule has 1 atom stereocenters. The third-order valence-corrected chi connectivity index (χ3v) is 5.88. The summed E-state index contributed by atoms with van der Waals surface area (Å²) in [5, 5.41) is 5.80. The van der Waals surface area contributed by atoms with Crippen LogP contribution in [0.2, 0.25) is 0 Å². The zero-order valence-electron chi connectivity index (χ0n) is 12.9. The van der Waals surface area contributed by atoms with Crippen LogP contribution >= 0.6 is 22.7 Å². The predicted octanol–water partition coefficient (Wildman–Crippen LogP) is 2.65. The maximum absolute atomic E-state index is 12.4. The molecule has 1 fully saturated rings. The number of thiophene rings is 1. The van der Waals surface area contributed by atoms with Crippen LogP contribution in [0.4, 0.5) is 0 Å². The Bertz CT molecular complexity index is 681. The molecule has 7 heteroatoms. The average Bonchev–Trinajstić information content (AvgIpc) is 3.24. The lowest BCUT2D eigenvalue weighted by Crippen LogP contribution is -2.44. The lowest BCUT2D eigenvalue weighted by atomic mass is 9.99. The molecular formula is C16H19N3O2S2. The fourth-order valence-electron chi connectivity index (χ4n) is 2.75. The minimum atomic E-state index is -0.176. The zero-order chi connectivity index (χ0) is 16.2. The molecule has 1 aliphatic heterocycles. The van der Waals surface area contributed by atoms with E-state index in [2.05, 4.69) is 10.3 Å². The number of hydrogen-bond donors (Lipinski definition) is 1. The summed E-state index contributed by atoms with van der Waals surface area (Å²) in [6, 6.07) is 3.70. The fraction of sp³-hybridized carbons (Fsp3) is 0.438. The van der Waals surface area contributed by atoms with Gasteiger partial charge >= 0.3 is 0 Å². The van der Waals surface area contributed by atoms with Crippen molar-refractivity contribution in [3.05, 3.63) is 38.5 Å². The van der Waals surface area contributed by atoms with Crippen molar-refractivity contribution in [3.8, 4) is 0 Å². The summed E-state index contributed by atoms with van der Waals surface area (Å²) in [5.41, 5.74) is 0. The molecule has 2 amide bonds. The van der Waals surface area contributed by atoms with Crippen molar-refractivity contribution >= 4 is 34.5 Å². The third-order valence-electron chi connectivity index (χ3n) is 3.94. The molecule has 122 valence electrons. The van der Waals surface area contributed by atoms with Crippen LogP contribution in [-0.2, 0) is 4.79 Å². The molecule has 2 aromatic rings. The first-order valence-corrected chi connectivity index (χ1v) is 9.35. The van der Waals surface area contributed by atoms with Crippen LogP contribution in [-0.4, -0.2) is 41.3 Å². The lowest BCUT2D eigenvalue weighted by Gasteiger charge is -2.31. The minimum Gasteiger partial charge on any atom is -0.342 e. The van der Waals surface area contributed by atoms with Gasteiger partial charge in [-0.25, -0.2) is 4.98 Å². The van der Waals surface area contributed by atoms with E-state index in [1.165, 1.54) is 11.3 Å². The number of amides is 2. The molecule has 1 N–H and O–H groups in total. The molecular weight excluding hydrogens is 330 g/mol. The zero-order valence-corrected chi connectivity index (χ0v) is 14.6. The van der Waals surface area contributed by atoms with Crippen molar-refractivity contribution in [1.29, 1.82) is 0 Å². The Labute approximate surface area is 143 Å². The van der Waals surface area contributed by atoms with Gasteiger partial charge < -0.3 is 10.2 Å². The summed E-state index contributed by atoms with van der Waals surface area (Å²) < 4.78 is 0. The van der Waals surface area contributed by atoms with Gasteiger partial charge in [-0.3, -0.25) is 9.59 Å². The first-order chi connectivity index (χ1) is 11.1. The average molecular weight is 349 g/mol. The SMILES string of the molecule is Cc1ccc(C(=O)NCC(=O)N2CCC[C@H](c3nccs3)C2)s1. The number of piperidine rings is 1. The minimum absolute atomic E-state index is 0.0205. The van der Waals surface area contributed by atoms with Crippen LogP contribution in [0, 0.1) is 6.92 Å². The highest BCUT2D eigenvalue weighted by molar-refractivity contribution is 7.13. The number of nitrogens with one attached hydrogen (secondary N) is 1. The quantitative estimate of drug-likeness (QED) is 0.923. The highest BCUT2D eigenvalue weighted by atomic mass is 32.1. The van der Waals surface area contributed by atoms with Gasteiger partial charge in [0.05, 0.1) is 16.4 Å². The Balaban J connectivity index is 1.52. The topological polar surface area (TPSA) is 62.3 Å². The molecule has 1 aliphatic rings. The molecule has 1 saturated heterocycles. The molecule has 5 nitrogen and oxygen atoms in total. The Kier molecular flexibility index (Phi) is 5.07. The van der Waals surface area contributed by atoms with Gasteiger partial charge in [0.1, 0.15) is 0 Å². The van der Waals surface area contributed by atoms with E-state index in [1.807, 2.05) is 29.5 Å². The smallest absolute Gasteiger partial charge is 0.261 e. The van der Waals surface area contributed by atoms with Crippen molar-refractivity contribution in [2.75, 3.05) is 19.6 Å². The molecule has 0 aliphatic carbocycles. The molecule has 0 unspecified atom stereocenters. The second kappa shape index (κ2) is 7.23. The normalized spacial score (nSPS) is 18.0. The summed E-state index contributed by atoms with van der Waals surface area (Å²) in [6.45, 7) is 3.47. The summed E-state index contributed by atoms with van der Waals surface area (Å²) in [4.78, 5) is 32.3. The van der Waals surface area contributed by atoms with E-state index in [0.29, 0.717) is 17.3 Å². The van der Waals surface area contributed by atoms with Crippen molar-refractivity contribution in [1.82, 2.24) is 15.2 Å². The van der Waals surface area contributed by atoms with Gasteiger partial charge in [-0.2, -0.15) is 0 Å². The standard InChI is InChI=1S/C16H19N3O2S2/c1-11-4-5-13(23-11)15(21)18-9-14(20)19-7-2-3-12(10-19)16-17-6-8-22-16/h4-6,8,12H,2-3,7,9-10H2,1H3,(H,18,21)/t12-/m0/s1. The maximum atomic E-state index is 12.4. The Morgan fingerprint density at radius 1 is 1.43 bits per heavy atom. The Morgan fingerprint density at radius 2 is 2.30 bits per heavy atom. The molecule has 2 aromatic heterocycles. The van der Waals surface area contributed by atoms with Crippen molar-refractivity contribution < 1.29 is 9.59 Å². The number of hydrogen-bond acceptors (Lipinski definition) is 5. The summed E-state index contributed by atoms with van der Waals surface area (Å²) in [6.07, 6.45) is 3.86. The number of aryl methyl sites for hydroxylation is 1. The maximum Gasteiger partial charge on any atom is 0.261 e. The van der Waals surface area contributed by atoms with Crippen LogP contribution in [0.15, 0.2) is 23.7 Å². The van der Waals surface area contributed by atoms with Crippen LogP contribution in [0.3, 0.4) is 0 Å². The second-order valence-electron chi connectivity index (χ2n) is 5.64. The van der Waals surface area contributed by atoms with E-state index < -0.39 is 0 Å². The van der Waals surface area contributed by atoms with E-state index in [4.69, 9.17) is 0 Å². The highest BCUT2D eigenvalue weighted by Gasteiger charge is 2.26. The van der Waals surface area contributed by atoms with Crippen LogP contribution in [0.1, 0.15) is 38.3 Å². The Hall–Kier alpha value is -1.73. The van der Waals surface area contributed by atoms with E-state index in [-0.39, 0.29) is 18.4 Å². The number of aromatic nitrogens is 1. The molecule has 0 aromatic carbocycles. The molecule has 23 heavy (non-hydrogen) atoms. The Morgan fingerprint density at radius 3 is 3.00 bits per heavy atom. The van der Waals surface area contributed by atoms with Gasteiger partial charge in [-0.1, -0.05) is 0 Å². The van der Waals surface area contributed by atoms with Gasteiger partial charge in [-0.05, 0) is 31.9 Å². The predicted molar refractivity (Wildman–Crippen MR) is 92.1 cm³/mol. The number of carbonyl (C=O) groups excluding carboxylic acids is 2. The summed E-state index contributed by atoms with van der Waals surface area (Å²) >= 11 is 3.08.